The first-order chi connectivity index (χ1) is 9.13. The summed E-state index contributed by atoms with van der Waals surface area (Å²) in [7, 11) is 0. The summed E-state index contributed by atoms with van der Waals surface area (Å²) in [5.74, 6) is -2.73. The van der Waals surface area contributed by atoms with E-state index in [0.717, 1.165) is 30.0 Å². The van der Waals surface area contributed by atoms with Gasteiger partial charge in [0.05, 0.1) is 0 Å². The Morgan fingerprint density at radius 1 is 0.895 bits per heavy atom. The van der Waals surface area contributed by atoms with Gasteiger partial charge in [0, 0.05) is 12.0 Å². The predicted octanol–water partition coefficient (Wildman–Crippen LogP) is 5.72. The van der Waals surface area contributed by atoms with Crippen molar-refractivity contribution < 1.29 is 8.78 Å². The Morgan fingerprint density at radius 2 is 1.63 bits per heavy atom. The van der Waals surface area contributed by atoms with Crippen molar-refractivity contribution in [1.82, 2.24) is 0 Å². The molecule has 19 heavy (non-hydrogen) atoms. The van der Waals surface area contributed by atoms with Crippen LogP contribution >= 0.6 is 0 Å². The molecule has 0 fully saturated rings. The largest absolute Gasteiger partial charge is 0.273 e. The third kappa shape index (κ3) is 3.52. The maximum Gasteiger partial charge on any atom is 0.273 e. The number of hydrogen-bond donors (Lipinski definition) is 0. The van der Waals surface area contributed by atoms with Crippen LogP contribution in [0.25, 0.3) is 10.8 Å². The lowest BCUT2D eigenvalue weighted by atomic mass is 9.98. The highest BCUT2D eigenvalue weighted by molar-refractivity contribution is 5.83. The third-order valence-electron chi connectivity index (χ3n) is 3.41. The molecule has 0 atom stereocenters. The van der Waals surface area contributed by atoms with Gasteiger partial charge in [-0.15, -0.1) is 0 Å². The second kappa shape index (κ2) is 6.14. The SMILES string of the molecule is [CH2]CCCCCC(F)(F)c1ccc2ccccc2c1. The monoisotopic (exact) mass is 261 g/mol. The normalized spacial score (nSPS) is 11.9. The van der Waals surface area contributed by atoms with Crippen molar-refractivity contribution in [3.05, 3.63) is 55.0 Å². The molecule has 0 aromatic heterocycles. The maximum absolute atomic E-state index is 14.1. The highest BCUT2D eigenvalue weighted by atomic mass is 19.3. The quantitative estimate of drug-likeness (QED) is 0.584. The van der Waals surface area contributed by atoms with Crippen LogP contribution in [-0.2, 0) is 5.92 Å². The van der Waals surface area contributed by atoms with Crippen LogP contribution in [0.3, 0.4) is 0 Å². The average molecular weight is 261 g/mol. The molecule has 0 N–H and O–H groups in total. The molecule has 0 saturated carbocycles. The summed E-state index contributed by atoms with van der Waals surface area (Å²) in [6.07, 6.45) is 3.04. The number of alkyl halides is 2. The van der Waals surface area contributed by atoms with Gasteiger partial charge in [0.2, 0.25) is 0 Å². The number of rotatable bonds is 6. The smallest absolute Gasteiger partial charge is 0.201 e. The van der Waals surface area contributed by atoms with Crippen LogP contribution in [0.2, 0.25) is 0 Å². The minimum absolute atomic E-state index is 0.0780. The van der Waals surface area contributed by atoms with Gasteiger partial charge in [0.25, 0.3) is 5.92 Å². The number of hydrogen-bond acceptors (Lipinski definition) is 0. The van der Waals surface area contributed by atoms with Gasteiger partial charge in [-0.1, -0.05) is 62.6 Å². The van der Waals surface area contributed by atoms with Gasteiger partial charge in [-0.25, -0.2) is 8.78 Å². The Morgan fingerprint density at radius 3 is 2.37 bits per heavy atom. The lowest BCUT2D eigenvalue weighted by molar-refractivity contribution is -0.0156. The predicted molar refractivity (Wildman–Crippen MR) is 76.3 cm³/mol. The molecule has 0 bridgehead atoms. The summed E-state index contributed by atoms with van der Waals surface area (Å²) in [5, 5.41) is 1.87. The van der Waals surface area contributed by atoms with Crippen LogP contribution in [0.15, 0.2) is 42.5 Å². The van der Waals surface area contributed by atoms with Crippen LogP contribution < -0.4 is 0 Å². The second-order valence-corrected chi connectivity index (χ2v) is 4.93. The van der Waals surface area contributed by atoms with Gasteiger partial charge in [-0.2, -0.15) is 0 Å². The van der Waals surface area contributed by atoms with Gasteiger partial charge in [-0.05, 0) is 23.3 Å². The Kier molecular flexibility index (Phi) is 4.52. The summed E-state index contributed by atoms with van der Waals surface area (Å²) < 4.78 is 28.2. The first-order valence-corrected chi connectivity index (χ1v) is 6.80. The number of unbranched alkanes of at least 4 members (excludes halogenated alkanes) is 3. The van der Waals surface area contributed by atoms with E-state index < -0.39 is 5.92 Å². The molecule has 2 rings (SSSR count). The van der Waals surface area contributed by atoms with Gasteiger partial charge >= 0.3 is 0 Å². The van der Waals surface area contributed by atoms with E-state index in [1.165, 1.54) is 0 Å². The van der Waals surface area contributed by atoms with Crippen molar-refractivity contribution in [3.63, 3.8) is 0 Å². The van der Waals surface area contributed by atoms with Crippen molar-refractivity contribution in [3.8, 4) is 0 Å². The first kappa shape index (κ1) is 14.0. The lowest BCUT2D eigenvalue weighted by Gasteiger charge is -2.17. The van der Waals surface area contributed by atoms with E-state index in [9.17, 15) is 8.78 Å². The van der Waals surface area contributed by atoms with E-state index in [1.54, 1.807) is 18.2 Å². The Labute approximate surface area is 113 Å². The Bertz CT molecular complexity index is 532. The molecule has 0 aliphatic carbocycles. The number of benzene rings is 2. The van der Waals surface area contributed by atoms with Crippen molar-refractivity contribution in [2.24, 2.45) is 0 Å². The minimum atomic E-state index is -2.73. The van der Waals surface area contributed by atoms with Gasteiger partial charge < -0.3 is 0 Å². The fourth-order valence-electron chi connectivity index (χ4n) is 2.26. The molecule has 2 aromatic rings. The average Bonchev–Trinajstić information content (AvgIpc) is 2.43. The zero-order chi connectivity index (χ0) is 13.7. The Hall–Kier alpha value is -1.44. The highest BCUT2D eigenvalue weighted by Crippen LogP contribution is 2.35. The molecule has 0 aliphatic rings. The molecule has 0 spiro atoms. The van der Waals surface area contributed by atoms with E-state index >= 15 is 0 Å². The molecule has 0 amide bonds. The van der Waals surface area contributed by atoms with Crippen molar-refractivity contribution in [1.29, 1.82) is 0 Å². The summed E-state index contributed by atoms with van der Waals surface area (Å²) in [4.78, 5) is 0. The summed E-state index contributed by atoms with van der Waals surface area (Å²) >= 11 is 0. The van der Waals surface area contributed by atoms with Crippen LogP contribution in [0.4, 0.5) is 8.78 Å². The summed E-state index contributed by atoms with van der Waals surface area (Å²) in [6.45, 7) is 3.72. The molecular formula is C17H19F2. The van der Waals surface area contributed by atoms with Gasteiger partial charge in [0.1, 0.15) is 0 Å². The Balaban J connectivity index is 2.12. The van der Waals surface area contributed by atoms with Crippen molar-refractivity contribution in [2.75, 3.05) is 0 Å². The zero-order valence-electron chi connectivity index (χ0n) is 11.0. The molecule has 1 radical (unpaired) electrons. The van der Waals surface area contributed by atoms with Crippen molar-refractivity contribution >= 4 is 10.8 Å². The zero-order valence-corrected chi connectivity index (χ0v) is 11.0. The van der Waals surface area contributed by atoms with Gasteiger partial charge in [-0.3, -0.25) is 0 Å². The number of halogens is 2. The van der Waals surface area contributed by atoms with Gasteiger partial charge in [0.15, 0.2) is 0 Å². The van der Waals surface area contributed by atoms with Crippen LogP contribution in [-0.4, -0.2) is 0 Å². The minimum Gasteiger partial charge on any atom is -0.201 e. The molecule has 2 aromatic carbocycles. The molecular weight excluding hydrogens is 242 g/mol. The third-order valence-corrected chi connectivity index (χ3v) is 3.41. The van der Waals surface area contributed by atoms with Crippen LogP contribution in [0.5, 0.6) is 0 Å². The molecule has 101 valence electrons. The van der Waals surface area contributed by atoms with Crippen molar-refractivity contribution in [2.45, 2.75) is 38.0 Å². The fraction of sp³-hybridized carbons (Fsp3) is 0.353. The molecule has 0 aliphatic heterocycles. The molecule has 0 heterocycles. The number of fused-ring (bicyclic) bond motifs is 1. The molecule has 0 unspecified atom stereocenters. The molecule has 0 saturated heterocycles. The standard InChI is InChI=1S/C17H19F2/c1-2-3-4-7-12-17(18,19)16-11-10-14-8-5-6-9-15(14)13-16/h5-6,8-11,13H,1-4,7,12H2. The van der Waals surface area contributed by atoms with E-state index in [0.29, 0.717) is 6.42 Å². The summed E-state index contributed by atoms with van der Waals surface area (Å²) in [6, 6.07) is 12.5. The highest BCUT2D eigenvalue weighted by Gasteiger charge is 2.30. The first-order valence-electron chi connectivity index (χ1n) is 6.80. The van der Waals surface area contributed by atoms with E-state index in [-0.39, 0.29) is 12.0 Å². The summed E-state index contributed by atoms with van der Waals surface area (Å²) in [5.41, 5.74) is 0.126. The van der Waals surface area contributed by atoms with E-state index in [2.05, 4.69) is 6.92 Å². The topological polar surface area (TPSA) is 0 Å². The fourth-order valence-corrected chi connectivity index (χ4v) is 2.26. The van der Waals surface area contributed by atoms with Crippen LogP contribution in [0, 0.1) is 6.92 Å². The molecule has 0 nitrogen and oxygen atoms in total. The van der Waals surface area contributed by atoms with E-state index in [1.807, 2.05) is 24.3 Å². The van der Waals surface area contributed by atoms with Crippen LogP contribution in [0.1, 0.15) is 37.7 Å². The van der Waals surface area contributed by atoms with E-state index in [4.69, 9.17) is 0 Å². The maximum atomic E-state index is 14.1. The lowest BCUT2D eigenvalue weighted by Crippen LogP contribution is -2.13. The molecule has 2 heteroatoms. The second-order valence-electron chi connectivity index (χ2n) is 4.93.